The predicted molar refractivity (Wildman–Crippen MR) is 66.6 cm³/mol. The smallest absolute Gasteiger partial charge is 0.326 e. The molecule has 1 unspecified atom stereocenters. The van der Waals surface area contributed by atoms with Crippen LogP contribution in [-0.2, 0) is 4.79 Å². The molecule has 1 fully saturated rings. The molecule has 6 heteroatoms. The van der Waals surface area contributed by atoms with Gasteiger partial charge in [0.1, 0.15) is 23.8 Å². The Hall–Kier alpha value is -2.11. The highest BCUT2D eigenvalue weighted by Gasteiger charge is 2.32. The second kappa shape index (κ2) is 3.97. The van der Waals surface area contributed by atoms with Crippen LogP contribution in [0.25, 0.3) is 11.0 Å². The molecular weight excluding hydrogens is 232 g/mol. The Morgan fingerprint density at radius 2 is 2.39 bits per heavy atom. The van der Waals surface area contributed by atoms with E-state index in [-0.39, 0.29) is 0 Å². The van der Waals surface area contributed by atoms with Crippen molar-refractivity contribution in [2.24, 2.45) is 0 Å². The SMILES string of the molecule is Cc1cc2c(N3CCCC3C(=O)O)ncnc2[nH]1. The first-order valence-corrected chi connectivity index (χ1v) is 5.96. The maximum Gasteiger partial charge on any atom is 0.326 e. The standard InChI is InChI=1S/C12H14N4O2/c1-7-5-8-10(15-7)13-6-14-11(8)16-4-2-3-9(16)12(17)18/h5-6,9H,2-4H2,1H3,(H,17,18)(H,13,14,15). The van der Waals surface area contributed by atoms with Gasteiger partial charge in [0.2, 0.25) is 0 Å². The van der Waals surface area contributed by atoms with E-state index >= 15 is 0 Å². The van der Waals surface area contributed by atoms with Gasteiger partial charge in [-0.3, -0.25) is 0 Å². The van der Waals surface area contributed by atoms with Crippen LogP contribution in [-0.4, -0.2) is 38.6 Å². The monoisotopic (exact) mass is 246 g/mol. The first-order chi connectivity index (χ1) is 8.66. The van der Waals surface area contributed by atoms with Gasteiger partial charge in [-0.2, -0.15) is 0 Å². The number of aromatic nitrogens is 3. The van der Waals surface area contributed by atoms with E-state index in [1.165, 1.54) is 6.33 Å². The second-order valence-electron chi connectivity index (χ2n) is 4.60. The summed E-state index contributed by atoms with van der Waals surface area (Å²) >= 11 is 0. The van der Waals surface area contributed by atoms with E-state index < -0.39 is 12.0 Å². The third-order valence-corrected chi connectivity index (χ3v) is 3.35. The van der Waals surface area contributed by atoms with Crippen LogP contribution in [0.3, 0.4) is 0 Å². The number of H-pyrrole nitrogens is 1. The van der Waals surface area contributed by atoms with Gasteiger partial charge in [0.15, 0.2) is 0 Å². The van der Waals surface area contributed by atoms with Crippen molar-refractivity contribution in [2.45, 2.75) is 25.8 Å². The number of anilines is 1. The molecular formula is C12H14N4O2. The highest BCUT2D eigenvalue weighted by Crippen LogP contribution is 2.29. The number of aromatic amines is 1. The fourth-order valence-electron chi connectivity index (χ4n) is 2.56. The molecule has 2 N–H and O–H groups in total. The number of nitrogens with zero attached hydrogens (tertiary/aromatic N) is 3. The summed E-state index contributed by atoms with van der Waals surface area (Å²) in [5.74, 6) is -0.0687. The zero-order valence-corrected chi connectivity index (χ0v) is 10.1. The van der Waals surface area contributed by atoms with Crippen LogP contribution in [0.1, 0.15) is 18.5 Å². The summed E-state index contributed by atoms with van der Waals surface area (Å²) < 4.78 is 0. The molecule has 1 aliphatic rings. The van der Waals surface area contributed by atoms with Gasteiger partial charge in [-0.25, -0.2) is 14.8 Å². The second-order valence-corrected chi connectivity index (χ2v) is 4.60. The molecule has 94 valence electrons. The van der Waals surface area contributed by atoms with Crippen molar-refractivity contribution >= 4 is 22.8 Å². The van der Waals surface area contributed by atoms with E-state index in [4.69, 9.17) is 0 Å². The van der Waals surface area contributed by atoms with Crippen molar-refractivity contribution in [3.05, 3.63) is 18.1 Å². The fraction of sp³-hybridized carbons (Fsp3) is 0.417. The van der Waals surface area contributed by atoms with E-state index in [1.807, 2.05) is 17.9 Å². The fourth-order valence-corrected chi connectivity index (χ4v) is 2.56. The Morgan fingerprint density at radius 1 is 1.56 bits per heavy atom. The largest absolute Gasteiger partial charge is 0.480 e. The summed E-state index contributed by atoms with van der Waals surface area (Å²) in [6.07, 6.45) is 3.03. The van der Waals surface area contributed by atoms with E-state index in [1.54, 1.807) is 0 Å². The predicted octanol–water partition coefficient (Wildman–Crippen LogP) is 1.32. The number of carbonyl (C=O) groups is 1. The quantitative estimate of drug-likeness (QED) is 0.835. The minimum absolute atomic E-state index is 0.474. The van der Waals surface area contributed by atoms with Crippen molar-refractivity contribution in [3.63, 3.8) is 0 Å². The Bertz CT molecular complexity index is 607. The third kappa shape index (κ3) is 1.61. The molecule has 0 spiro atoms. The Labute approximate surface area is 104 Å². The van der Waals surface area contributed by atoms with E-state index in [9.17, 15) is 9.90 Å². The average molecular weight is 246 g/mol. The number of carboxylic acids is 1. The zero-order valence-electron chi connectivity index (χ0n) is 10.1. The van der Waals surface area contributed by atoms with Crippen LogP contribution >= 0.6 is 0 Å². The van der Waals surface area contributed by atoms with Crippen LogP contribution in [0, 0.1) is 6.92 Å². The maximum absolute atomic E-state index is 11.2. The van der Waals surface area contributed by atoms with Crippen LogP contribution in [0.15, 0.2) is 12.4 Å². The molecule has 0 bridgehead atoms. The van der Waals surface area contributed by atoms with Crippen LogP contribution in [0.2, 0.25) is 0 Å². The molecule has 2 aromatic rings. The molecule has 18 heavy (non-hydrogen) atoms. The highest BCUT2D eigenvalue weighted by atomic mass is 16.4. The molecule has 3 rings (SSSR count). The number of fused-ring (bicyclic) bond motifs is 1. The Kier molecular flexibility index (Phi) is 2.43. The first-order valence-electron chi connectivity index (χ1n) is 5.96. The van der Waals surface area contributed by atoms with Crippen LogP contribution in [0.4, 0.5) is 5.82 Å². The topological polar surface area (TPSA) is 82.1 Å². The Balaban J connectivity index is 2.11. The minimum atomic E-state index is -0.786. The zero-order chi connectivity index (χ0) is 12.7. The van der Waals surface area contributed by atoms with Crippen molar-refractivity contribution in [1.82, 2.24) is 15.0 Å². The number of rotatable bonds is 2. The van der Waals surface area contributed by atoms with Crippen molar-refractivity contribution in [1.29, 1.82) is 0 Å². The lowest BCUT2D eigenvalue weighted by molar-refractivity contribution is -0.138. The summed E-state index contributed by atoms with van der Waals surface area (Å²) in [7, 11) is 0. The summed E-state index contributed by atoms with van der Waals surface area (Å²) in [5.41, 5.74) is 1.76. The van der Waals surface area contributed by atoms with E-state index in [0.717, 1.165) is 29.7 Å². The maximum atomic E-state index is 11.2. The number of nitrogens with one attached hydrogen (secondary N) is 1. The highest BCUT2D eigenvalue weighted by molar-refractivity contribution is 5.90. The molecule has 0 aliphatic carbocycles. The van der Waals surface area contributed by atoms with Gasteiger partial charge in [-0.1, -0.05) is 0 Å². The number of aryl methyl sites for hydroxylation is 1. The molecule has 1 saturated heterocycles. The number of hydrogen-bond donors (Lipinski definition) is 2. The van der Waals surface area contributed by atoms with Crippen molar-refractivity contribution in [3.8, 4) is 0 Å². The van der Waals surface area contributed by atoms with Gasteiger partial charge in [0.05, 0.1) is 5.39 Å². The van der Waals surface area contributed by atoms with Gasteiger partial charge < -0.3 is 15.0 Å². The lowest BCUT2D eigenvalue weighted by Crippen LogP contribution is -2.36. The van der Waals surface area contributed by atoms with Crippen LogP contribution in [0.5, 0.6) is 0 Å². The van der Waals surface area contributed by atoms with E-state index in [0.29, 0.717) is 12.2 Å². The van der Waals surface area contributed by atoms with Gasteiger partial charge in [0.25, 0.3) is 0 Å². The third-order valence-electron chi connectivity index (χ3n) is 3.35. The Morgan fingerprint density at radius 3 is 3.17 bits per heavy atom. The number of carboxylic acid groups (broad SMARTS) is 1. The summed E-state index contributed by atoms with van der Waals surface area (Å²) in [4.78, 5) is 24.7. The lowest BCUT2D eigenvalue weighted by Gasteiger charge is -2.22. The first kappa shape index (κ1) is 11.0. The van der Waals surface area contributed by atoms with Gasteiger partial charge in [-0.15, -0.1) is 0 Å². The molecule has 6 nitrogen and oxygen atoms in total. The minimum Gasteiger partial charge on any atom is -0.480 e. The number of hydrogen-bond acceptors (Lipinski definition) is 4. The van der Waals surface area contributed by atoms with Crippen LogP contribution < -0.4 is 4.90 Å². The molecule has 0 aromatic carbocycles. The molecule has 0 saturated carbocycles. The van der Waals surface area contributed by atoms with Gasteiger partial charge >= 0.3 is 5.97 Å². The van der Waals surface area contributed by atoms with Gasteiger partial charge in [0, 0.05) is 12.2 Å². The number of aliphatic carboxylic acids is 1. The lowest BCUT2D eigenvalue weighted by atomic mass is 10.2. The summed E-state index contributed by atoms with van der Waals surface area (Å²) in [6, 6.07) is 1.49. The molecule has 0 amide bonds. The molecule has 3 heterocycles. The average Bonchev–Trinajstić information content (AvgIpc) is 2.92. The van der Waals surface area contributed by atoms with E-state index in [2.05, 4.69) is 15.0 Å². The molecule has 1 aliphatic heterocycles. The normalized spacial score (nSPS) is 19.6. The van der Waals surface area contributed by atoms with Crippen molar-refractivity contribution < 1.29 is 9.90 Å². The van der Waals surface area contributed by atoms with Gasteiger partial charge in [-0.05, 0) is 25.8 Å². The van der Waals surface area contributed by atoms with Crippen molar-refractivity contribution in [2.75, 3.05) is 11.4 Å². The summed E-state index contributed by atoms with van der Waals surface area (Å²) in [5, 5.41) is 10.1. The molecule has 1 atom stereocenters. The molecule has 2 aromatic heterocycles. The summed E-state index contributed by atoms with van der Waals surface area (Å²) in [6.45, 7) is 2.68. The molecule has 0 radical (unpaired) electrons.